The second-order valence-corrected chi connectivity index (χ2v) is 3.55. The Morgan fingerprint density at radius 3 is 2.89 bits per heavy atom. The van der Waals surface area contributed by atoms with Crippen LogP contribution in [-0.2, 0) is 6.54 Å². The Morgan fingerprint density at radius 2 is 2.26 bits per heavy atom. The Morgan fingerprint density at radius 1 is 1.42 bits per heavy atom. The monoisotopic (exact) mass is 264 g/mol. The lowest BCUT2D eigenvalue weighted by Crippen LogP contribution is -2.08. The summed E-state index contributed by atoms with van der Waals surface area (Å²) in [5.74, 6) is 1.11. The molecule has 19 heavy (non-hydrogen) atoms. The third-order valence-electron chi connectivity index (χ3n) is 2.25. The summed E-state index contributed by atoms with van der Waals surface area (Å²) >= 11 is 0. The van der Waals surface area contributed by atoms with Gasteiger partial charge in [0.25, 0.3) is 0 Å². The van der Waals surface area contributed by atoms with Crippen molar-refractivity contribution in [3.8, 4) is 0 Å². The van der Waals surface area contributed by atoms with Crippen molar-refractivity contribution in [1.29, 1.82) is 0 Å². The summed E-state index contributed by atoms with van der Waals surface area (Å²) < 4.78 is 4.58. The molecular formula is C10H12N6O3. The van der Waals surface area contributed by atoms with Gasteiger partial charge in [0.05, 0.1) is 11.5 Å². The van der Waals surface area contributed by atoms with Crippen LogP contribution < -0.4 is 10.6 Å². The number of rotatable bonds is 6. The molecule has 0 spiro atoms. The van der Waals surface area contributed by atoms with Gasteiger partial charge in [-0.2, -0.15) is 4.98 Å². The molecule has 2 aromatic rings. The summed E-state index contributed by atoms with van der Waals surface area (Å²) in [7, 11) is 0. The first-order chi connectivity index (χ1) is 9.20. The lowest BCUT2D eigenvalue weighted by molar-refractivity contribution is -0.384. The molecule has 0 saturated heterocycles. The standard InChI is InChI=1S/C10H12N6O3/c1-2-11-8-4-3-7(16(17)18)10(14-8)12-5-9-13-6-19-15-9/h3-4,6H,2,5H2,1H3,(H2,11,12,14). The van der Waals surface area contributed by atoms with E-state index < -0.39 is 4.92 Å². The Kier molecular flexibility index (Phi) is 3.86. The van der Waals surface area contributed by atoms with E-state index >= 15 is 0 Å². The maximum absolute atomic E-state index is 10.9. The maximum atomic E-state index is 10.9. The van der Waals surface area contributed by atoms with Crippen molar-refractivity contribution in [2.45, 2.75) is 13.5 Å². The molecule has 100 valence electrons. The lowest BCUT2D eigenvalue weighted by atomic mass is 10.3. The van der Waals surface area contributed by atoms with Crippen molar-refractivity contribution in [2.75, 3.05) is 17.2 Å². The summed E-state index contributed by atoms with van der Waals surface area (Å²) in [6.07, 6.45) is 1.19. The smallest absolute Gasteiger partial charge is 0.311 e. The van der Waals surface area contributed by atoms with Gasteiger partial charge in [-0.15, -0.1) is 0 Å². The van der Waals surface area contributed by atoms with Gasteiger partial charge in [-0.3, -0.25) is 10.1 Å². The number of aromatic nitrogens is 3. The first-order valence-electron chi connectivity index (χ1n) is 5.59. The predicted molar refractivity (Wildman–Crippen MR) is 66.7 cm³/mol. The number of nitrogens with one attached hydrogen (secondary N) is 2. The van der Waals surface area contributed by atoms with Crippen LogP contribution in [0.5, 0.6) is 0 Å². The lowest BCUT2D eigenvalue weighted by Gasteiger charge is -2.07. The van der Waals surface area contributed by atoms with Crippen molar-refractivity contribution < 1.29 is 9.45 Å². The van der Waals surface area contributed by atoms with Crippen LogP contribution in [0.2, 0.25) is 0 Å². The van der Waals surface area contributed by atoms with Crippen LogP contribution in [0.1, 0.15) is 12.7 Å². The molecule has 0 unspecified atom stereocenters. The molecule has 2 heterocycles. The Hall–Kier alpha value is -2.71. The van der Waals surface area contributed by atoms with Gasteiger partial charge in [0.1, 0.15) is 5.82 Å². The quantitative estimate of drug-likeness (QED) is 0.593. The molecule has 9 nitrogen and oxygen atoms in total. The van der Waals surface area contributed by atoms with Gasteiger partial charge in [0.2, 0.25) is 12.2 Å². The molecule has 0 aromatic carbocycles. The van der Waals surface area contributed by atoms with E-state index in [1.54, 1.807) is 6.07 Å². The largest absolute Gasteiger partial charge is 0.370 e. The summed E-state index contributed by atoms with van der Waals surface area (Å²) in [6.45, 7) is 2.78. The van der Waals surface area contributed by atoms with Gasteiger partial charge in [0.15, 0.2) is 5.82 Å². The van der Waals surface area contributed by atoms with Gasteiger partial charge in [0, 0.05) is 12.6 Å². The third-order valence-corrected chi connectivity index (χ3v) is 2.25. The Balaban J connectivity index is 2.19. The number of anilines is 2. The highest BCUT2D eigenvalue weighted by Gasteiger charge is 2.16. The third kappa shape index (κ3) is 3.15. The van der Waals surface area contributed by atoms with Crippen LogP contribution in [-0.4, -0.2) is 26.6 Å². The number of hydrogen-bond donors (Lipinski definition) is 2. The van der Waals surface area contributed by atoms with Crippen molar-refractivity contribution in [3.63, 3.8) is 0 Å². The van der Waals surface area contributed by atoms with Gasteiger partial charge in [-0.25, -0.2) is 4.98 Å². The summed E-state index contributed by atoms with van der Waals surface area (Å²) in [4.78, 5) is 18.4. The summed E-state index contributed by atoms with van der Waals surface area (Å²) in [5.41, 5.74) is -0.106. The molecule has 0 amide bonds. The maximum Gasteiger partial charge on any atom is 0.311 e. The normalized spacial score (nSPS) is 10.2. The zero-order valence-electron chi connectivity index (χ0n) is 10.2. The second-order valence-electron chi connectivity index (χ2n) is 3.55. The van der Waals surface area contributed by atoms with E-state index in [4.69, 9.17) is 0 Å². The van der Waals surface area contributed by atoms with Crippen molar-refractivity contribution >= 4 is 17.3 Å². The van der Waals surface area contributed by atoms with Crippen LogP contribution >= 0.6 is 0 Å². The average Bonchev–Trinajstić information content (AvgIpc) is 2.89. The highest BCUT2D eigenvalue weighted by Crippen LogP contribution is 2.24. The minimum Gasteiger partial charge on any atom is -0.370 e. The fourth-order valence-corrected chi connectivity index (χ4v) is 1.44. The topological polar surface area (TPSA) is 119 Å². The minimum absolute atomic E-state index is 0.106. The van der Waals surface area contributed by atoms with Crippen LogP contribution in [0.4, 0.5) is 17.3 Å². The fourth-order valence-electron chi connectivity index (χ4n) is 1.44. The number of nitro groups is 1. The van der Waals surface area contributed by atoms with Gasteiger partial charge in [-0.1, -0.05) is 5.16 Å². The molecule has 0 fully saturated rings. The number of nitrogens with zero attached hydrogens (tertiary/aromatic N) is 4. The average molecular weight is 264 g/mol. The molecule has 0 aliphatic heterocycles. The molecular weight excluding hydrogens is 252 g/mol. The van der Waals surface area contributed by atoms with Crippen LogP contribution in [0.15, 0.2) is 23.0 Å². The minimum atomic E-state index is -0.499. The molecule has 0 radical (unpaired) electrons. The molecule has 9 heteroatoms. The van der Waals surface area contributed by atoms with E-state index in [1.807, 2.05) is 6.92 Å². The second kappa shape index (κ2) is 5.76. The highest BCUT2D eigenvalue weighted by molar-refractivity contribution is 5.60. The molecule has 2 rings (SSSR count). The van der Waals surface area contributed by atoms with Crippen molar-refractivity contribution in [2.24, 2.45) is 0 Å². The van der Waals surface area contributed by atoms with E-state index in [0.29, 0.717) is 18.2 Å². The SMILES string of the molecule is CCNc1ccc([N+](=O)[O-])c(NCc2ncon2)n1. The van der Waals surface area contributed by atoms with E-state index in [2.05, 4.69) is 30.3 Å². The van der Waals surface area contributed by atoms with E-state index in [-0.39, 0.29) is 18.1 Å². The molecule has 2 aromatic heterocycles. The highest BCUT2D eigenvalue weighted by atomic mass is 16.6. The predicted octanol–water partition coefficient (Wildman–Crippen LogP) is 1.42. The molecule has 0 aliphatic carbocycles. The van der Waals surface area contributed by atoms with Gasteiger partial charge in [-0.05, 0) is 13.0 Å². The Bertz CT molecular complexity index is 556. The van der Waals surface area contributed by atoms with Crippen molar-refractivity contribution in [1.82, 2.24) is 15.1 Å². The van der Waals surface area contributed by atoms with Crippen LogP contribution in [0.3, 0.4) is 0 Å². The molecule has 0 bridgehead atoms. The molecule has 2 N–H and O–H groups in total. The Labute approximate surface area is 108 Å². The van der Waals surface area contributed by atoms with Gasteiger partial charge >= 0.3 is 5.69 Å². The first-order valence-corrected chi connectivity index (χ1v) is 5.59. The van der Waals surface area contributed by atoms with E-state index in [0.717, 1.165) is 0 Å². The summed E-state index contributed by atoms with van der Waals surface area (Å²) in [6, 6.07) is 2.95. The molecule has 0 aliphatic rings. The first kappa shape index (κ1) is 12.7. The van der Waals surface area contributed by atoms with Gasteiger partial charge < -0.3 is 15.2 Å². The fraction of sp³-hybridized carbons (Fsp3) is 0.300. The van der Waals surface area contributed by atoms with E-state index in [1.165, 1.54) is 12.5 Å². The van der Waals surface area contributed by atoms with E-state index in [9.17, 15) is 10.1 Å². The van der Waals surface area contributed by atoms with Crippen LogP contribution in [0.25, 0.3) is 0 Å². The molecule has 0 saturated carbocycles. The zero-order valence-corrected chi connectivity index (χ0v) is 10.2. The number of pyridine rings is 1. The summed E-state index contributed by atoms with van der Waals surface area (Å²) in [5, 5.41) is 20.3. The van der Waals surface area contributed by atoms with Crippen LogP contribution in [0, 0.1) is 10.1 Å². The number of hydrogen-bond acceptors (Lipinski definition) is 8. The zero-order chi connectivity index (χ0) is 13.7. The van der Waals surface area contributed by atoms with Crippen molar-refractivity contribution in [3.05, 3.63) is 34.5 Å². The molecule has 0 atom stereocenters.